The van der Waals surface area contributed by atoms with E-state index in [2.05, 4.69) is 10.2 Å². The lowest BCUT2D eigenvalue weighted by molar-refractivity contribution is 0.109. The van der Waals surface area contributed by atoms with Crippen molar-refractivity contribution in [2.45, 2.75) is 31.8 Å². The van der Waals surface area contributed by atoms with Crippen LogP contribution in [0.1, 0.15) is 24.8 Å². The smallest absolute Gasteiger partial charge is 0.317 e. The van der Waals surface area contributed by atoms with Gasteiger partial charge in [-0.2, -0.15) is 0 Å². The highest BCUT2D eigenvalue weighted by Gasteiger charge is 2.29. The first-order valence-corrected chi connectivity index (χ1v) is 8.25. The normalized spacial score (nSPS) is 21.0. The number of nitrogens with zero attached hydrogens (tertiary/aromatic N) is 2. The molecule has 2 amide bonds. The quantitative estimate of drug-likeness (QED) is 0.898. The number of aromatic hydroxyl groups is 1. The van der Waals surface area contributed by atoms with Crippen molar-refractivity contribution < 1.29 is 9.90 Å². The van der Waals surface area contributed by atoms with Crippen LogP contribution in [0.2, 0.25) is 5.02 Å². The molecule has 1 aromatic rings. The van der Waals surface area contributed by atoms with E-state index in [-0.39, 0.29) is 11.8 Å². The van der Waals surface area contributed by atoms with Crippen LogP contribution < -0.4 is 5.32 Å². The van der Waals surface area contributed by atoms with Gasteiger partial charge in [-0.15, -0.1) is 0 Å². The van der Waals surface area contributed by atoms with Crippen LogP contribution in [0.4, 0.5) is 4.79 Å². The zero-order valence-corrected chi connectivity index (χ0v) is 13.4. The van der Waals surface area contributed by atoms with Crippen molar-refractivity contribution in [1.29, 1.82) is 0 Å². The minimum Gasteiger partial charge on any atom is -0.508 e. The molecule has 2 N–H and O–H groups in total. The molecule has 2 fully saturated rings. The van der Waals surface area contributed by atoms with E-state index in [4.69, 9.17) is 11.6 Å². The molecule has 3 rings (SSSR count). The number of likely N-dealkylation sites (tertiary alicyclic amines) is 1. The van der Waals surface area contributed by atoms with Crippen LogP contribution in [-0.2, 0) is 6.54 Å². The van der Waals surface area contributed by atoms with E-state index >= 15 is 0 Å². The molecule has 0 aromatic heterocycles. The summed E-state index contributed by atoms with van der Waals surface area (Å²) in [6.45, 7) is 4.38. The molecule has 22 heavy (non-hydrogen) atoms. The summed E-state index contributed by atoms with van der Waals surface area (Å²) in [5, 5.41) is 13.1. The first-order valence-electron chi connectivity index (χ1n) is 7.87. The minimum atomic E-state index is 0.0875. The van der Waals surface area contributed by atoms with E-state index < -0.39 is 0 Å². The molecule has 0 aliphatic carbocycles. The summed E-state index contributed by atoms with van der Waals surface area (Å²) in [5.74, 6) is 0.211. The third kappa shape index (κ3) is 3.65. The molecule has 120 valence electrons. The SMILES string of the molecule is O=C1NCCCN1C1CCN(Cc2cc(O)cc(Cl)c2)CC1. The number of phenols is 1. The van der Waals surface area contributed by atoms with Gasteiger partial charge in [0.2, 0.25) is 0 Å². The minimum absolute atomic E-state index is 0.0875. The number of hydrogen-bond donors (Lipinski definition) is 2. The van der Waals surface area contributed by atoms with Gasteiger partial charge in [0.05, 0.1) is 0 Å². The van der Waals surface area contributed by atoms with Crippen LogP contribution in [0, 0.1) is 0 Å². The van der Waals surface area contributed by atoms with Gasteiger partial charge >= 0.3 is 6.03 Å². The van der Waals surface area contributed by atoms with Gasteiger partial charge in [-0.3, -0.25) is 4.90 Å². The maximum Gasteiger partial charge on any atom is 0.317 e. The number of urea groups is 1. The second-order valence-electron chi connectivity index (χ2n) is 6.10. The number of carbonyl (C=O) groups excluding carboxylic acids is 1. The maximum atomic E-state index is 11.9. The van der Waals surface area contributed by atoms with Gasteiger partial charge in [-0.1, -0.05) is 11.6 Å². The fraction of sp³-hybridized carbons (Fsp3) is 0.562. The maximum absolute atomic E-state index is 11.9. The summed E-state index contributed by atoms with van der Waals surface area (Å²) < 4.78 is 0. The Kier molecular flexibility index (Phi) is 4.74. The molecule has 5 nitrogen and oxygen atoms in total. The van der Waals surface area contributed by atoms with Crippen molar-refractivity contribution in [2.24, 2.45) is 0 Å². The fourth-order valence-electron chi connectivity index (χ4n) is 3.37. The average Bonchev–Trinajstić information content (AvgIpc) is 2.48. The summed E-state index contributed by atoms with van der Waals surface area (Å²) in [6.07, 6.45) is 3.04. The van der Waals surface area contributed by atoms with Gasteiger partial charge in [0.15, 0.2) is 0 Å². The molecule has 2 saturated heterocycles. The lowest BCUT2D eigenvalue weighted by atomic mass is 10.0. The van der Waals surface area contributed by atoms with Crippen molar-refractivity contribution in [3.63, 3.8) is 0 Å². The zero-order valence-electron chi connectivity index (χ0n) is 12.6. The van der Waals surface area contributed by atoms with Crippen molar-refractivity contribution in [3.8, 4) is 5.75 Å². The topological polar surface area (TPSA) is 55.8 Å². The van der Waals surface area contributed by atoms with E-state index in [0.717, 1.165) is 57.5 Å². The second kappa shape index (κ2) is 6.75. The predicted molar refractivity (Wildman–Crippen MR) is 86.1 cm³/mol. The van der Waals surface area contributed by atoms with Crippen molar-refractivity contribution in [1.82, 2.24) is 15.1 Å². The molecular weight excluding hydrogens is 302 g/mol. The molecule has 0 saturated carbocycles. The van der Waals surface area contributed by atoms with Crippen LogP contribution in [0.25, 0.3) is 0 Å². The van der Waals surface area contributed by atoms with Crippen molar-refractivity contribution in [3.05, 3.63) is 28.8 Å². The molecule has 2 aliphatic rings. The highest BCUT2D eigenvalue weighted by Crippen LogP contribution is 2.23. The third-order valence-electron chi connectivity index (χ3n) is 4.46. The summed E-state index contributed by atoms with van der Waals surface area (Å²) >= 11 is 5.98. The number of rotatable bonds is 3. The first-order chi connectivity index (χ1) is 10.6. The second-order valence-corrected chi connectivity index (χ2v) is 6.54. The standard InChI is InChI=1S/C16H22ClN3O2/c17-13-8-12(9-15(21)10-13)11-19-6-2-14(3-7-19)20-5-1-4-18-16(20)22/h8-10,14,21H,1-7,11H2,(H,18,22). The van der Waals surface area contributed by atoms with Gasteiger partial charge in [0.1, 0.15) is 5.75 Å². The predicted octanol–water partition coefficient (Wildman–Crippen LogP) is 2.43. The number of nitrogens with one attached hydrogen (secondary N) is 1. The van der Waals surface area contributed by atoms with Crippen LogP contribution in [0.5, 0.6) is 5.75 Å². The Morgan fingerprint density at radius 1 is 1.23 bits per heavy atom. The summed E-state index contributed by atoms with van der Waals surface area (Å²) in [5.41, 5.74) is 1.03. The van der Waals surface area contributed by atoms with Crippen LogP contribution in [0.3, 0.4) is 0 Å². The number of halogens is 1. The van der Waals surface area contributed by atoms with Crippen LogP contribution in [0.15, 0.2) is 18.2 Å². The highest BCUT2D eigenvalue weighted by molar-refractivity contribution is 6.30. The average molecular weight is 324 g/mol. The zero-order chi connectivity index (χ0) is 15.5. The van der Waals surface area contributed by atoms with E-state index in [9.17, 15) is 9.90 Å². The number of piperidine rings is 1. The molecule has 0 spiro atoms. The Morgan fingerprint density at radius 3 is 2.68 bits per heavy atom. The van der Waals surface area contributed by atoms with E-state index in [0.29, 0.717) is 11.1 Å². The number of hydrogen-bond acceptors (Lipinski definition) is 3. The molecule has 0 radical (unpaired) electrons. The van der Waals surface area contributed by atoms with Crippen LogP contribution in [-0.4, -0.2) is 53.2 Å². The molecule has 0 bridgehead atoms. The Bertz CT molecular complexity index is 524. The molecular formula is C16H22ClN3O2. The van der Waals surface area contributed by atoms with Gasteiger partial charge in [-0.05, 0) is 43.0 Å². The number of phenolic OH excluding ortho intramolecular Hbond substituents is 1. The van der Waals surface area contributed by atoms with Gasteiger partial charge < -0.3 is 15.3 Å². The summed E-state index contributed by atoms with van der Waals surface area (Å²) in [4.78, 5) is 16.2. The fourth-order valence-corrected chi connectivity index (χ4v) is 3.62. The van der Waals surface area contributed by atoms with Crippen LogP contribution >= 0.6 is 11.6 Å². The largest absolute Gasteiger partial charge is 0.508 e. The lowest BCUT2D eigenvalue weighted by Crippen LogP contribution is -2.54. The van der Waals surface area contributed by atoms with E-state index in [1.807, 2.05) is 11.0 Å². The molecule has 0 unspecified atom stereocenters. The van der Waals surface area contributed by atoms with E-state index in [1.165, 1.54) is 0 Å². The Morgan fingerprint density at radius 2 is 2.00 bits per heavy atom. The summed E-state index contributed by atoms with van der Waals surface area (Å²) in [7, 11) is 0. The Balaban J connectivity index is 1.54. The Labute approximate surface area is 135 Å². The number of carbonyl (C=O) groups is 1. The molecule has 1 aromatic carbocycles. The molecule has 6 heteroatoms. The first kappa shape index (κ1) is 15.4. The summed E-state index contributed by atoms with van der Waals surface area (Å²) in [6, 6.07) is 5.64. The third-order valence-corrected chi connectivity index (χ3v) is 4.68. The lowest BCUT2D eigenvalue weighted by Gasteiger charge is -2.40. The van der Waals surface area contributed by atoms with Gasteiger partial charge in [-0.25, -0.2) is 4.79 Å². The molecule has 2 aliphatic heterocycles. The Hall–Kier alpha value is -1.46. The highest BCUT2D eigenvalue weighted by atomic mass is 35.5. The van der Waals surface area contributed by atoms with E-state index in [1.54, 1.807) is 12.1 Å². The van der Waals surface area contributed by atoms with Gasteiger partial charge in [0, 0.05) is 43.8 Å². The van der Waals surface area contributed by atoms with Crippen molar-refractivity contribution >= 4 is 17.6 Å². The van der Waals surface area contributed by atoms with Crippen molar-refractivity contribution in [2.75, 3.05) is 26.2 Å². The number of benzene rings is 1. The van der Waals surface area contributed by atoms with Gasteiger partial charge in [0.25, 0.3) is 0 Å². The molecule has 0 atom stereocenters. The monoisotopic (exact) mass is 323 g/mol. The number of amides is 2. The molecule has 2 heterocycles.